The summed E-state index contributed by atoms with van der Waals surface area (Å²) in [5, 5.41) is 12.5. The van der Waals surface area contributed by atoms with Crippen molar-refractivity contribution in [3.8, 4) is 17.2 Å². The first-order valence-corrected chi connectivity index (χ1v) is 6.34. The van der Waals surface area contributed by atoms with Crippen molar-refractivity contribution in [3.63, 3.8) is 0 Å². The van der Waals surface area contributed by atoms with Crippen LogP contribution >= 0.6 is 0 Å². The van der Waals surface area contributed by atoms with Gasteiger partial charge in [-0.2, -0.15) is 0 Å². The Labute approximate surface area is 117 Å². The molecule has 0 fully saturated rings. The van der Waals surface area contributed by atoms with E-state index in [9.17, 15) is 9.90 Å². The van der Waals surface area contributed by atoms with Gasteiger partial charge in [-0.05, 0) is 13.3 Å². The van der Waals surface area contributed by atoms with Crippen molar-refractivity contribution in [2.75, 3.05) is 21.3 Å². The highest BCUT2D eigenvalue weighted by molar-refractivity contribution is 5.80. The van der Waals surface area contributed by atoms with Gasteiger partial charge >= 0.3 is 5.97 Å². The van der Waals surface area contributed by atoms with Crippen LogP contribution in [0, 0.1) is 0 Å². The molecule has 0 radical (unpaired) electrons. The lowest BCUT2D eigenvalue weighted by Gasteiger charge is -2.32. The molecule has 0 saturated heterocycles. The standard InChI is InChI=1S/C14H19NO5/c1-7-5-8-9(18-2)6-10(19-3)13(20-4)11(8)12(15-7)14(16)17/h6-7,12,15H,5H2,1-4H3,(H,16,17). The number of ether oxygens (including phenoxy) is 3. The van der Waals surface area contributed by atoms with Gasteiger partial charge in [0.15, 0.2) is 11.5 Å². The van der Waals surface area contributed by atoms with Crippen molar-refractivity contribution in [3.05, 3.63) is 17.2 Å². The second-order valence-electron chi connectivity index (χ2n) is 4.75. The minimum absolute atomic E-state index is 0.0376. The van der Waals surface area contributed by atoms with E-state index in [1.165, 1.54) is 14.2 Å². The molecule has 2 rings (SSSR count). The summed E-state index contributed by atoms with van der Waals surface area (Å²) in [5.41, 5.74) is 1.43. The van der Waals surface area contributed by atoms with E-state index in [0.29, 0.717) is 29.2 Å². The van der Waals surface area contributed by atoms with E-state index < -0.39 is 12.0 Å². The van der Waals surface area contributed by atoms with Crippen molar-refractivity contribution in [1.82, 2.24) is 5.32 Å². The number of rotatable bonds is 4. The van der Waals surface area contributed by atoms with E-state index in [-0.39, 0.29) is 6.04 Å². The first-order valence-electron chi connectivity index (χ1n) is 6.34. The molecular weight excluding hydrogens is 262 g/mol. The molecule has 1 aliphatic heterocycles. The molecule has 0 aromatic heterocycles. The molecule has 2 N–H and O–H groups in total. The monoisotopic (exact) mass is 281 g/mol. The Bertz CT molecular complexity index is 529. The fraction of sp³-hybridized carbons (Fsp3) is 0.500. The van der Waals surface area contributed by atoms with Crippen molar-refractivity contribution in [2.24, 2.45) is 0 Å². The van der Waals surface area contributed by atoms with Gasteiger partial charge in [0.1, 0.15) is 11.8 Å². The average Bonchev–Trinajstić information content (AvgIpc) is 2.44. The van der Waals surface area contributed by atoms with Gasteiger partial charge in [0.25, 0.3) is 0 Å². The van der Waals surface area contributed by atoms with Crippen LogP contribution < -0.4 is 19.5 Å². The van der Waals surface area contributed by atoms with Gasteiger partial charge in [-0.25, -0.2) is 0 Å². The van der Waals surface area contributed by atoms with Crippen molar-refractivity contribution < 1.29 is 24.1 Å². The van der Waals surface area contributed by atoms with Crippen LogP contribution in [0.5, 0.6) is 17.2 Å². The number of methoxy groups -OCH3 is 3. The largest absolute Gasteiger partial charge is 0.496 e. The Balaban J connectivity index is 2.73. The van der Waals surface area contributed by atoms with Gasteiger partial charge in [0.2, 0.25) is 0 Å². The third-order valence-electron chi connectivity index (χ3n) is 3.49. The maximum Gasteiger partial charge on any atom is 0.325 e. The van der Waals surface area contributed by atoms with Crippen molar-refractivity contribution in [1.29, 1.82) is 0 Å². The van der Waals surface area contributed by atoms with Crippen LogP contribution in [-0.4, -0.2) is 38.4 Å². The highest BCUT2D eigenvalue weighted by Gasteiger charge is 2.35. The first-order chi connectivity index (χ1) is 9.53. The van der Waals surface area contributed by atoms with Crippen LogP contribution in [0.25, 0.3) is 0 Å². The summed E-state index contributed by atoms with van der Waals surface area (Å²) in [5.74, 6) is 0.574. The quantitative estimate of drug-likeness (QED) is 0.868. The number of nitrogens with one attached hydrogen (secondary N) is 1. The predicted molar refractivity (Wildman–Crippen MR) is 72.8 cm³/mol. The lowest BCUT2D eigenvalue weighted by molar-refractivity contribution is -0.140. The van der Waals surface area contributed by atoms with Crippen LogP contribution in [-0.2, 0) is 11.2 Å². The van der Waals surface area contributed by atoms with Gasteiger partial charge in [0.05, 0.1) is 21.3 Å². The molecule has 0 spiro atoms. The maximum atomic E-state index is 11.5. The topological polar surface area (TPSA) is 77.0 Å². The number of hydrogen-bond acceptors (Lipinski definition) is 5. The molecule has 0 aliphatic carbocycles. The summed E-state index contributed by atoms with van der Waals surface area (Å²) in [6.45, 7) is 1.94. The van der Waals surface area contributed by atoms with E-state index in [4.69, 9.17) is 14.2 Å². The first kappa shape index (κ1) is 14.5. The molecule has 110 valence electrons. The van der Waals surface area contributed by atoms with Gasteiger partial charge in [0, 0.05) is 23.2 Å². The number of carbonyl (C=O) groups is 1. The lowest BCUT2D eigenvalue weighted by Crippen LogP contribution is -2.41. The number of hydrogen-bond donors (Lipinski definition) is 2. The molecular formula is C14H19NO5. The molecule has 0 bridgehead atoms. The summed E-state index contributed by atoms with van der Waals surface area (Å²) in [6, 6.07) is 0.928. The van der Waals surface area contributed by atoms with E-state index in [1.807, 2.05) is 6.92 Å². The SMILES string of the molecule is COc1cc(OC)c(OC)c2c1CC(C)NC2C(=O)O. The Kier molecular flexibility index (Phi) is 4.04. The number of benzene rings is 1. The molecule has 6 nitrogen and oxygen atoms in total. The van der Waals surface area contributed by atoms with Crippen LogP contribution in [0.1, 0.15) is 24.1 Å². The van der Waals surface area contributed by atoms with Gasteiger partial charge < -0.3 is 19.3 Å². The lowest BCUT2D eigenvalue weighted by atomic mass is 9.88. The minimum Gasteiger partial charge on any atom is -0.496 e. The average molecular weight is 281 g/mol. The highest BCUT2D eigenvalue weighted by Crippen LogP contribution is 2.45. The third kappa shape index (κ3) is 2.27. The normalized spacial score (nSPS) is 21.0. The zero-order chi connectivity index (χ0) is 14.9. The molecule has 0 amide bonds. The second kappa shape index (κ2) is 5.58. The van der Waals surface area contributed by atoms with Crippen molar-refractivity contribution in [2.45, 2.75) is 25.4 Å². The molecule has 2 unspecified atom stereocenters. The van der Waals surface area contributed by atoms with Crippen LogP contribution in [0.4, 0.5) is 0 Å². The molecule has 1 aliphatic rings. The number of aliphatic carboxylic acids is 1. The summed E-state index contributed by atoms with van der Waals surface area (Å²) < 4.78 is 16.0. The Morgan fingerprint density at radius 1 is 1.25 bits per heavy atom. The third-order valence-corrected chi connectivity index (χ3v) is 3.49. The second-order valence-corrected chi connectivity index (χ2v) is 4.75. The van der Waals surface area contributed by atoms with Crippen LogP contribution in [0.2, 0.25) is 0 Å². The molecule has 2 atom stereocenters. The summed E-state index contributed by atoms with van der Waals surface area (Å²) in [6.07, 6.45) is 0.669. The molecule has 1 heterocycles. The maximum absolute atomic E-state index is 11.5. The zero-order valence-corrected chi connectivity index (χ0v) is 12.0. The number of carboxylic acid groups (broad SMARTS) is 1. The fourth-order valence-corrected chi connectivity index (χ4v) is 2.66. The number of fused-ring (bicyclic) bond motifs is 1. The molecule has 0 saturated carbocycles. The Hall–Kier alpha value is -1.95. The summed E-state index contributed by atoms with van der Waals surface area (Å²) >= 11 is 0. The van der Waals surface area contributed by atoms with E-state index in [2.05, 4.69) is 5.32 Å². The fourth-order valence-electron chi connectivity index (χ4n) is 2.66. The molecule has 20 heavy (non-hydrogen) atoms. The molecule has 1 aromatic carbocycles. The molecule has 6 heteroatoms. The van der Waals surface area contributed by atoms with Crippen LogP contribution in [0.3, 0.4) is 0 Å². The van der Waals surface area contributed by atoms with Gasteiger partial charge in [-0.15, -0.1) is 0 Å². The predicted octanol–water partition coefficient (Wildman–Crippen LogP) is 1.37. The van der Waals surface area contributed by atoms with E-state index in [0.717, 1.165) is 5.56 Å². The smallest absolute Gasteiger partial charge is 0.325 e. The van der Waals surface area contributed by atoms with Gasteiger partial charge in [-0.1, -0.05) is 0 Å². The Morgan fingerprint density at radius 3 is 2.40 bits per heavy atom. The molecule has 1 aromatic rings. The minimum atomic E-state index is -0.952. The van der Waals surface area contributed by atoms with Crippen molar-refractivity contribution >= 4 is 5.97 Å². The summed E-state index contributed by atoms with van der Waals surface area (Å²) in [7, 11) is 4.57. The highest BCUT2D eigenvalue weighted by atomic mass is 16.5. The van der Waals surface area contributed by atoms with E-state index >= 15 is 0 Å². The Morgan fingerprint density at radius 2 is 1.90 bits per heavy atom. The zero-order valence-electron chi connectivity index (χ0n) is 12.0. The summed E-state index contributed by atoms with van der Waals surface area (Å²) in [4.78, 5) is 11.5. The van der Waals surface area contributed by atoms with Crippen LogP contribution in [0.15, 0.2) is 6.07 Å². The van der Waals surface area contributed by atoms with Gasteiger partial charge in [-0.3, -0.25) is 10.1 Å². The van der Waals surface area contributed by atoms with E-state index in [1.54, 1.807) is 13.2 Å². The number of carboxylic acids is 1.